The Labute approximate surface area is 209 Å². The van der Waals surface area contributed by atoms with Crippen LogP contribution in [0.25, 0.3) is 10.9 Å². The number of rotatable bonds is 6. The summed E-state index contributed by atoms with van der Waals surface area (Å²) >= 11 is 12.5. The second kappa shape index (κ2) is 9.15. The summed E-state index contributed by atoms with van der Waals surface area (Å²) in [4.78, 5) is 15.8. The molecule has 0 radical (unpaired) electrons. The van der Waals surface area contributed by atoms with Gasteiger partial charge in [0.1, 0.15) is 0 Å². The topological polar surface area (TPSA) is 59.4 Å². The van der Waals surface area contributed by atoms with Gasteiger partial charge in [0.15, 0.2) is 5.69 Å². The molecule has 34 heavy (non-hydrogen) atoms. The van der Waals surface area contributed by atoms with Crippen molar-refractivity contribution in [3.63, 3.8) is 0 Å². The maximum Gasteiger partial charge on any atom is 0.272 e. The van der Waals surface area contributed by atoms with Crippen LogP contribution in [0.4, 0.5) is 0 Å². The predicted octanol–water partition coefficient (Wildman–Crippen LogP) is 4.91. The van der Waals surface area contributed by atoms with Crippen LogP contribution in [0.15, 0.2) is 42.5 Å². The van der Waals surface area contributed by atoms with Crippen LogP contribution >= 0.6 is 23.2 Å². The van der Waals surface area contributed by atoms with E-state index in [9.17, 15) is 4.79 Å². The first-order chi connectivity index (χ1) is 16.5. The molecule has 2 atom stereocenters. The van der Waals surface area contributed by atoms with E-state index in [1.807, 2.05) is 35.0 Å². The number of carbonyl (C=O) groups is 1. The number of aromatic nitrogens is 2. The number of hydrogen-bond donors (Lipinski definition) is 1. The van der Waals surface area contributed by atoms with Gasteiger partial charge in [-0.1, -0.05) is 47.5 Å². The van der Waals surface area contributed by atoms with Crippen molar-refractivity contribution in [2.45, 2.75) is 56.9 Å². The number of fused-ring (bicyclic) bond motifs is 3. The SMILES string of the molecule is O=C(NC1CC2COCC(C1)N2Cc1ccc(Cl)cc1Cl)c1nn(CC2CC2)c2ccccc12. The molecule has 3 aliphatic rings. The highest BCUT2D eigenvalue weighted by molar-refractivity contribution is 6.35. The van der Waals surface area contributed by atoms with E-state index in [2.05, 4.69) is 16.3 Å². The molecule has 1 amide bonds. The molecule has 0 spiro atoms. The average Bonchev–Trinajstić information content (AvgIpc) is 3.55. The number of morpholine rings is 1. The van der Waals surface area contributed by atoms with Crippen molar-refractivity contribution in [1.29, 1.82) is 0 Å². The standard InChI is InChI=1S/C26H28Cl2N4O2/c27-18-8-7-17(23(28)9-18)13-31-20-10-19(11-21(31)15-34-14-20)29-26(33)25-22-3-1-2-4-24(22)32(30-25)12-16-5-6-16/h1-4,7-9,16,19-21H,5-6,10-15H2,(H,29,33). The summed E-state index contributed by atoms with van der Waals surface area (Å²) in [6, 6.07) is 14.3. The molecule has 2 unspecified atom stereocenters. The minimum Gasteiger partial charge on any atom is -0.378 e. The number of nitrogens with zero attached hydrogens (tertiary/aromatic N) is 3. The molecule has 3 heterocycles. The lowest BCUT2D eigenvalue weighted by Gasteiger charge is -2.48. The summed E-state index contributed by atoms with van der Waals surface area (Å²) < 4.78 is 7.89. The van der Waals surface area contributed by atoms with Crippen LogP contribution in [0.5, 0.6) is 0 Å². The van der Waals surface area contributed by atoms with Crippen LogP contribution in [0, 0.1) is 5.92 Å². The third kappa shape index (κ3) is 4.44. The van der Waals surface area contributed by atoms with Crippen molar-refractivity contribution < 1.29 is 9.53 Å². The summed E-state index contributed by atoms with van der Waals surface area (Å²) in [5.41, 5.74) is 2.64. The molecule has 2 aromatic carbocycles. The third-order valence-electron chi connectivity index (χ3n) is 7.38. The monoisotopic (exact) mass is 498 g/mol. The van der Waals surface area contributed by atoms with Crippen molar-refractivity contribution in [2.24, 2.45) is 5.92 Å². The van der Waals surface area contributed by atoms with Crippen molar-refractivity contribution >= 4 is 40.0 Å². The molecule has 6 rings (SSSR count). The summed E-state index contributed by atoms with van der Waals surface area (Å²) in [5.74, 6) is 0.612. The largest absolute Gasteiger partial charge is 0.378 e. The van der Waals surface area contributed by atoms with Crippen LogP contribution in [-0.4, -0.2) is 51.9 Å². The zero-order chi connectivity index (χ0) is 23.2. The predicted molar refractivity (Wildman–Crippen MR) is 133 cm³/mol. The van der Waals surface area contributed by atoms with Crippen LogP contribution in [0.1, 0.15) is 41.7 Å². The molecule has 2 bridgehead atoms. The first-order valence-electron chi connectivity index (χ1n) is 12.1. The number of nitrogens with one attached hydrogen (secondary N) is 1. The number of amides is 1. The van der Waals surface area contributed by atoms with E-state index in [0.717, 1.165) is 42.4 Å². The molecule has 2 aliphatic heterocycles. The highest BCUT2D eigenvalue weighted by Gasteiger charge is 2.40. The zero-order valence-electron chi connectivity index (χ0n) is 18.9. The van der Waals surface area contributed by atoms with Gasteiger partial charge in [-0.05, 0) is 55.4 Å². The number of piperidine rings is 1. The Morgan fingerprint density at radius 3 is 2.59 bits per heavy atom. The molecular weight excluding hydrogens is 471 g/mol. The van der Waals surface area contributed by atoms with E-state index >= 15 is 0 Å². The van der Waals surface area contributed by atoms with Gasteiger partial charge in [-0.2, -0.15) is 5.10 Å². The lowest BCUT2D eigenvalue weighted by atomic mass is 9.89. The molecule has 1 aliphatic carbocycles. The molecular formula is C26H28Cl2N4O2. The fourth-order valence-corrected chi connectivity index (χ4v) is 5.91. The second-order valence-corrected chi connectivity index (χ2v) is 10.7. The van der Waals surface area contributed by atoms with Crippen molar-refractivity contribution in [3.05, 3.63) is 63.8 Å². The van der Waals surface area contributed by atoms with E-state index < -0.39 is 0 Å². The number of halogens is 2. The average molecular weight is 499 g/mol. The van der Waals surface area contributed by atoms with Gasteiger partial charge in [-0.3, -0.25) is 14.4 Å². The lowest BCUT2D eigenvalue weighted by molar-refractivity contribution is -0.0843. The first kappa shape index (κ1) is 22.4. The maximum absolute atomic E-state index is 13.3. The fraction of sp³-hybridized carbons (Fsp3) is 0.462. The molecule has 8 heteroatoms. The Morgan fingerprint density at radius 1 is 1.09 bits per heavy atom. The van der Waals surface area contributed by atoms with E-state index in [1.165, 1.54) is 12.8 Å². The molecule has 1 N–H and O–H groups in total. The Kier molecular flexibility index (Phi) is 6.02. The van der Waals surface area contributed by atoms with Gasteiger partial charge in [0, 0.05) is 46.6 Å². The Morgan fingerprint density at radius 2 is 1.85 bits per heavy atom. The summed E-state index contributed by atoms with van der Waals surface area (Å²) in [6.07, 6.45) is 4.18. The maximum atomic E-state index is 13.3. The van der Waals surface area contributed by atoms with Crippen LogP contribution in [-0.2, 0) is 17.8 Å². The molecule has 1 saturated carbocycles. The van der Waals surface area contributed by atoms with E-state index in [1.54, 1.807) is 6.07 Å². The number of para-hydroxylation sites is 1. The smallest absolute Gasteiger partial charge is 0.272 e. The fourth-order valence-electron chi connectivity index (χ4n) is 5.45. The normalized spacial score (nSPS) is 24.9. The summed E-state index contributed by atoms with van der Waals surface area (Å²) in [7, 11) is 0. The van der Waals surface area contributed by atoms with Crippen LogP contribution in [0.2, 0.25) is 10.0 Å². The summed E-state index contributed by atoms with van der Waals surface area (Å²) in [5, 5.41) is 10.3. The van der Waals surface area contributed by atoms with Gasteiger partial charge >= 0.3 is 0 Å². The Hall–Kier alpha value is -2.12. The molecule has 2 saturated heterocycles. The van der Waals surface area contributed by atoms with Crippen LogP contribution in [0.3, 0.4) is 0 Å². The van der Waals surface area contributed by atoms with Gasteiger partial charge in [-0.25, -0.2) is 0 Å². The molecule has 178 valence electrons. The third-order valence-corrected chi connectivity index (χ3v) is 7.96. The van der Waals surface area contributed by atoms with Gasteiger partial charge < -0.3 is 10.1 Å². The molecule has 6 nitrogen and oxygen atoms in total. The second-order valence-electron chi connectivity index (χ2n) is 9.89. The van der Waals surface area contributed by atoms with Crippen molar-refractivity contribution in [1.82, 2.24) is 20.0 Å². The van der Waals surface area contributed by atoms with Gasteiger partial charge in [0.05, 0.1) is 18.7 Å². The van der Waals surface area contributed by atoms with Gasteiger partial charge in [0.2, 0.25) is 0 Å². The van der Waals surface area contributed by atoms with Crippen molar-refractivity contribution in [2.75, 3.05) is 13.2 Å². The quantitative estimate of drug-likeness (QED) is 0.524. The van der Waals surface area contributed by atoms with Crippen LogP contribution < -0.4 is 5.32 Å². The zero-order valence-corrected chi connectivity index (χ0v) is 20.4. The Bertz CT molecular complexity index is 1210. The number of hydrogen-bond acceptors (Lipinski definition) is 4. The van der Waals surface area contributed by atoms with E-state index in [0.29, 0.717) is 34.9 Å². The number of benzene rings is 2. The van der Waals surface area contributed by atoms with E-state index in [-0.39, 0.29) is 24.0 Å². The minimum atomic E-state index is -0.0797. The van der Waals surface area contributed by atoms with E-state index in [4.69, 9.17) is 33.0 Å². The highest BCUT2D eigenvalue weighted by Crippen LogP contribution is 2.33. The molecule has 3 fully saturated rings. The number of ether oxygens (including phenoxy) is 1. The minimum absolute atomic E-state index is 0.0797. The molecule has 3 aromatic rings. The first-order valence-corrected chi connectivity index (χ1v) is 12.8. The number of carbonyl (C=O) groups excluding carboxylic acids is 1. The lowest BCUT2D eigenvalue weighted by Crippen LogP contribution is -2.60. The van der Waals surface area contributed by atoms with Crippen molar-refractivity contribution in [3.8, 4) is 0 Å². The summed E-state index contributed by atoms with van der Waals surface area (Å²) in [6.45, 7) is 2.96. The Balaban J connectivity index is 1.17. The molecule has 1 aromatic heterocycles. The van der Waals surface area contributed by atoms with Gasteiger partial charge in [-0.15, -0.1) is 0 Å². The highest BCUT2D eigenvalue weighted by atomic mass is 35.5. The van der Waals surface area contributed by atoms with Gasteiger partial charge in [0.25, 0.3) is 5.91 Å².